The molecule has 0 fully saturated rings. The summed E-state index contributed by atoms with van der Waals surface area (Å²) in [4.78, 5) is 17.6. The molecule has 38 heavy (non-hydrogen) atoms. The Kier molecular flexibility index (Phi) is 5.50. The second-order valence-corrected chi connectivity index (χ2v) is 10.8. The van der Waals surface area contributed by atoms with E-state index in [4.69, 9.17) is 5.84 Å². The van der Waals surface area contributed by atoms with E-state index in [1.165, 1.54) is 0 Å². The van der Waals surface area contributed by atoms with Crippen molar-refractivity contribution in [1.29, 1.82) is 0 Å². The lowest BCUT2D eigenvalue weighted by Crippen LogP contribution is -2.31. The number of para-hydroxylation sites is 4. The maximum Gasteiger partial charge on any atom is 0.269 e. The summed E-state index contributed by atoms with van der Waals surface area (Å²) in [6.45, 7) is 0. The number of aromatic nitrogens is 3. The number of hydrogen-bond donors (Lipinski definition) is 4. The van der Waals surface area contributed by atoms with Crippen molar-refractivity contribution in [1.82, 2.24) is 20.8 Å². The number of amides is 1. The number of nitrogens with zero attached hydrogens (tertiary/aromatic N) is 3. The third kappa shape index (κ3) is 3.69. The fourth-order valence-electron chi connectivity index (χ4n) is 4.70. The number of rotatable bonds is 3. The molecule has 3 heterocycles. The van der Waals surface area contributed by atoms with Gasteiger partial charge in [-0.1, -0.05) is 72.1 Å². The monoisotopic (exact) mass is 533 g/mol. The molecule has 4 aromatic carbocycles. The first-order chi connectivity index (χ1) is 18.7. The molecular weight excluding hydrogens is 514 g/mol. The highest BCUT2D eigenvalue weighted by Crippen LogP contribution is 2.50. The summed E-state index contributed by atoms with van der Waals surface area (Å²) in [5.74, 6) is 5.19. The topological polar surface area (TPSA) is 118 Å². The standard InChI is InChI=1S/C28H19N7OS2/c29-32-28(36)23-26(15-7-5-13-21-24(15)30-17-9-1-3-11-19(17)37-21)33-35-34-27(23)16-8-6-14-22-25(16)31-18-10-2-4-12-20(18)38-22/h1-14,30-31H,29H2,(H,32,36). The highest BCUT2D eigenvalue weighted by molar-refractivity contribution is 8.00. The molecular formula is C28H19N7OS2. The molecule has 1 aromatic heterocycles. The maximum absolute atomic E-state index is 13.3. The van der Waals surface area contributed by atoms with Crippen molar-refractivity contribution in [2.75, 3.05) is 10.6 Å². The molecule has 0 spiro atoms. The van der Waals surface area contributed by atoms with Crippen LogP contribution in [0.25, 0.3) is 22.5 Å². The number of nitrogens with one attached hydrogen (secondary N) is 3. The van der Waals surface area contributed by atoms with E-state index < -0.39 is 5.91 Å². The summed E-state index contributed by atoms with van der Waals surface area (Å²) in [5, 5.41) is 19.9. The van der Waals surface area contributed by atoms with Gasteiger partial charge in [-0.05, 0) is 41.6 Å². The van der Waals surface area contributed by atoms with Crippen LogP contribution in [-0.2, 0) is 0 Å². The Labute approximate surface area is 226 Å². The zero-order chi connectivity index (χ0) is 25.6. The molecule has 0 atom stereocenters. The van der Waals surface area contributed by atoms with Crippen LogP contribution in [0.2, 0.25) is 0 Å². The van der Waals surface area contributed by atoms with Crippen molar-refractivity contribution in [3.05, 3.63) is 90.5 Å². The van der Waals surface area contributed by atoms with Gasteiger partial charge in [-0.15, -0.1) is 10.2 Å². The number of hydrazine groups is 1. The molecule has 2 aliphatic heterocycles. The van der Waals surface area contributed by atoms with E-state index in [-0.39, 0.29) is 5.56 Å². The zero-order valence-corrected chi connectivity index (χ0v) is 21.4. The van der Waals surface area contributed by atoms with Crippen molar-refractivity contribution in [3.8, 4) is 22.5 Å². The first-order valence-electron chi connectivity index (χ1n) is 11.8. The van der Waals surface area contributed by atoms with Gasteiger partial charge in [0.25, 0.3) is 5.91 Å². The van der Waals surface area contributed by atoms with Gasteiger partial charge in [-0.2, -0.15) is 0 Å². The lowest BCUT2D eigenvalue weighted by molar-refractivity contribution is 0.0954. The Morgan fingerprint density at radius 1 is 0.658 bits per heavy atom. The predicted molar refractivity (Wildman–Crippen MR) is 150 cm³/mol. The molecule has 0 bridgehead atoms. The number of nitrogens with two attached hydrogens (primary N) is 1. The number of fused-ring (bicyclic) bond motifs is 4. The number of anilines is 4. The van der Waals surface area contributed by atoms with Crippen LogP contribution in [0, 0.1) is 0 Å². The molecule has 5 N–H and O–H groups in total. The Hall–Kier alpha value is -4.38. The van der Waals surface area contributed by atoms with Crippen LogP contribution in [0.15, 0.2) is 105 Å². The lowest BCUT2D eigenvalue weighted by atomic mass is 9.97. The lowest BCUT2D eigenvalue weighted by Gasteiger charge is -2.25. The number of nitrogen functional groups attached to an aromatic ring is 1. The van der Waals surface area contributed by atoms with Crippen molar-refractivity contribution in [3.63, 3.8) is 0 Å². The van der Waals surface area contributed by atoms with Crippen molar-refractivity contribution in [2.45, 2.75) is 19.6 Å². The van der Waals surface area contributed by atoms with Crippen molar-refractivity contribution in [2.24, 2.45) is 5.84 Å². The van der Waals surface area contributed by atoms with Crippen molar-refractivity contribution < 1.29 is 4.79 Å². The van der Waals surface area contributed by atoms with Gasteiger partial charge in [0.05, 0.1) is 28.3 Å². The molecule has 1 amide bonds. The largest absolute Gasteiger partial charge is 0.353 e. The van der Waals surface area contributed by atoms with Crippen LogP contribution in [0.5, 0.6) is 0 Å². The highest BCUT2D eigenvalue weighted by Gasteiger charge is 2.29. The fourth-order valence-corrected chi connectivity index (χ4v) is 6.74. The third-order valence-electron chi connectivity index (χ3n) is 6.42. The van der Waals surface area contributed by atoms with E-state index in [0.29, 0.717) is 11.4 Å². The molecule has 0 aliphatic carbocycles. The van der Waals surface area contributed by atoms with Crippen LogP contribution in [0.4, 0.5) is 22.7 Å². The minimum Gasteiger partial charge on any atom is -0.353 e. The minimum atomic E-state index is -0.500. The van der Waals surface area contributed by atoms with Gasteiger partial charge in [0.15, 0.2) is 0 Å². The van der Waals surface area contributed by atoms with E-state index >= 15 is 0 Å². The second-order valence-electron chi connectivity index (χ2n) is 8.64. The van der Waals surface area contributed by atoms with Crippen LogP contribution < -0.4 is 21.9 Å². The molecule has 8 nitrogen and oxygen atoms in total. The van der Waals surface area contributed by atoms with Crippen LogP contribution in [0.1, 0.15) is 10.4 Å². The highest BCUT2D eigenvalue weighted by atomic mass is 32.2. The van der Waals surface area contributed by atoms with Gasteiger partial charge < -0.3 is 10.6 Å². The molecule has 5 aromatic rings. The van der Waals surface area contributed by atoms with Gasteiger partial charge in [0.2, 0.25) is 0 Å². The van der Waals surface area contributed by atoms with E-state index in [1.54, 1.807) is 23.5 Å². The van der Waals surface area contributed by atoms with Crippen molar-refractivity contribution >= 4 is 52.2 Å². The normalized spacial score (nSPS) is 12.7. The molecule has 0 unspecified atom stereocenters. The average Bonchev–Trinajstić information content (AvgIpc) is 2.97. The van der Waals surface area contributed by atoms with Crippen LogP contribution in [0.3, 0.4) is 0 Å². The smallest absolute Gasteiger partial charge is 0.269 e. The van der Waals surface area contributed by atoms with Gasteiger partial charge in [0.1, 0.15) is 11.4 Å². The summed E-state index contributed by atoms with van der Waals surface area (Å²) in [5.41, 5.74) is 8.48. The van der Waals surface area contributed by atoms with Gasteiger partial charge in [-0.3, -0.25) is 10.2 Å². The second kappa shape index (κ2) is 9.18. The Balaban J connectivity index is 1.41. The summed E-state index contributed by atoms with van der Waals surface area (Å²) in [6, 6.07) is 28.0. The van der Waals surface area contributed by atoms with E-state index in [2.05, 4.69) is 43.6 Å². The molecule has 184 valence electrons. The first-order valence-corrected chi connectivity index (χ1v) is 13.4. The summed E-state index contributed by atoms with van der Waals surface area (Å²) < 4.78 is 0. The zero-order valence-electron chi connectivity index (χ0n) is 19.7. The van der Waals surface area contributed by atoms with Gasteiger partial charge in [-0.25, -0.2) is 5.84 Å². The molecule has 7 rings (SSSR count). The maximum atomic E-state index is 13.3. The summed E-state index contributed by atoms with van der Waals surface area (Å²) >= 11 is 3.32. The Morgan fingerprint density at radius 3 is 1.63 bits per heavy atom. The Bertz CT molecular complexity index is 1640. The number of benzene rings is 4. The van der Waals surface area contributed by atoms with Crippen LogP contribution in [-0.4, -0.2) is 21.3 Å². The summed E-state index contributed by atoms with van der Waals surface area (Å²) in [6.07, 6.45) is 0. The molecule has 2 aliphatic rings. The van der Waals surface area contributed by atoms with E-state index in [9.17, 15) is 4.79 Å². The van der Waals surface area contributed by atoms with E-state index in [1.807, 2.05) is 72.8 Å². The van der Waals surface area contributed by atoms with E-state index in [0.717, 1.165) is 53.5 Å². The quantitative estimate of drug-likeness (QED) is 0.119. The SMILES string of the molecule is NNC(=O)c1c(-c2cccc3c2Nc2ccccc2S3)nnnc1-c1cccc2c1Nc1ccccc1S2. The Morgan fingerprint density at radius 2 is 1.13 bits per heavy atom. The molecule has 0 saturated heterocycles. The van der Waals surface area contributed by atoms with Gasteiger partial charge in [0, 0.05) is 30.7 Å². The van der Waals surface area contributed by atoms with Gasteiger partial charge >= 0.3 is 0 Å². The first kappa shape index (κ1) is 22.8. The number of carbonyl (C=O) groups is 1. The minimum absolute atomic E-state index is 0.251. The fraction of sp³-hybridized carbons (Fsp3) is 0. The average molecular weight is 534 g/mol. The third-order valence-corrected chi connectivity index (χ3v) is 8.69. The molecule has 10 heteroatoms. The number of carbonyl (C=O) groups excluding carboxylic acids is 1. The van der Waals surface area contributed by atoms with Crippen LogP contribution >= 0.6 is 23.5 Å². The summed E-state index contributed by atoms with van der Waals surface area (Å²) in [7, 11) is 0. The predicted octanol–water partition coefficient (Wildman–Crippen LogP) is 6.23. The number of hydrogen-bond acceptors (Lipinski definition) is 9. The molecule has 0 saturated carbocycles. The molecule has 0 radical (unpaired) electrons.